The summed E-state index contributed by atoms with van der Waals surface area (Å²) in [5.74, 6) is 2.29. The second-order valence-corrected chi connectivity index (χ2v) is 7.64. The van der Waals surface area contributed by atoms with Gasteiger partial charge in [-0.1, -0.05) is 30.3 Å². The molecular formula is C14H19NO2S2. The van der Waals surface area contributed by atoms with E-state index in [1.165, 1.54) is 5.56 Å². The molecule has 19 heavy (non-hydrogen) atoms. The molecule has 5 heteroatoms. The molecule has 1 aliphatic heterocycles. The van der Waals surface area contributed by atoms with E-state index in [1.54, 1.807) is 11.8 Å². The predicted molar refractivity (Wildman–Crippen MR) is 81.7 cm³/mol. The third kappa shape index (κ3) is 4.35. The molecule has 1 amide bonds. The first-order valence-electron chi connectivity index (χ1n) is 6.46. The lowest BCUT2D eigenvalue weighted by Gasteiger charge is -2.28. The second-order valence-electron chi connectivity index (χ2n) is 4.61. The van der Waals surface area contributed by atoms with Gasteiger partial charge < -0.3 is 4.90 Å². The Morgan fingerprint density at radius 2 is 1.95 bits per heavy atom. The van der Waals surface area contributed by atoms with Gasteiger partial charge >= 0.3 is 0 Å². The van der Waals surface area contributed by atoms with E-state index >= 15 is 0 Å². The fourth-order valence-corrected chi connectivity index (χ4v) is 3.96. The molecule has 2 rings (SSSR count). The first-order chi connectivity index (χ1) is 9.16. The molecule has 0 spiro atoms. The van der Waals surface area contributed by atoms with Gasteiger partial charge in [0.25, 0.3) is 0 Å². The van der Waals surface area contributed by atoms with Crippen LogP contribution < -0.4 is 0 Å². The molecule has 0 radical (unpaired) electrons. The number of carbonyl (C=O) groups excluding carboxylic acids is 1. The summed E-state index contributed by atoms with van der Waals surface area (Å²) < 4.78 is 11.3. The van der Waals surface area contributed by atoms with Crippen LogP contribution in [0.25, 0.3) is 0 Å². The number of benzene rings is 1. The molecule has 0 unspecified atom stereocenters. The summed E-state index contributed by atoms with van der Waals surface area (Å²) in [5.41, 5.74) is 1.24. The van der Waals surface area contributed by atoms with Gasteiger partial charge in [0.15, 0.2) is 0 Å². The molecule has 0 N–H and O–H groups in total. The van der Waals surface area contributed by atoms with E-state index in [2.05, 4.69) is 12.1 Å². The minimum absolute atomic E-state index is 0.0354. The lowest BCUT2D eigenvalue weighted by molar-refractivity contribution is -0.129. The first kappa shape index (κ1) is 14.6. The van der Waals surface area contributed by atoms with Crippen LogP contribution in [-0.2, 0) is 21.3 Å². The smallest absolute Gasteiger partial charge is 0.235 e. The molecule has 0 saturated carbocycles. The molecule has 104 valence electrons. The Morgan fingerprint density at radius 3 is 2.58 bits per heavy atom. The molecule has 1 aliphatic rings. The molecule has 1 aromatic rings. The summed E-state index contributed by atoms with van der Waals surface area (Å²) >= 11 is 1.66. The van der Waals surface area contributed by atoms with Crippen LogP contribution in [0.2, 0.25) is 0 Å². The number of rotatable bonds is 4. The standard InChI is InChI=1S/C14H19NO2S2/c1-12(18-11-13-5-3-2-4-6-13)14(16)15-7-9-19(17)10-8-15/h2-6,12H,7-11H2,1H3/t12-/m1/s1. The van der Waals surface area contributed by atoms with Crippen LogP contribution in [0, 0.1) is 0 Å². The zero-order chi connectivity index (χ0) is 13.7. The number of amides is 1. The highest BCUT2D eigenvalue weighted by Crippen LogP contribution is 2.19. The van der Waals surface area contributed by atoms with E-state index in [9.17, 15) is 9.00 Å². The Labute approximate surface area is 121 Å². The van der Waals surface area contributed by atoms with E-state index in [0.717, 1.165) is 5.75 Å². The Balaban J connectivity index is 1.81. The van der Waals surface area contributed by atoms with E-state index in [-0.39, 0.29) is 11.2 Å². The average Bonchev–Trinajstić information content (AvgIpc) is 2.46. The predicted octanol–water partition coefficient (Wildman–Crippen LogP) is 1.90. The van der Waals surface area contributed by atoms with Crippen LogP contribution in [0.3, 0.4) is 0 Å². The molecular weight excluding hydrogens is 278 g/mol. The van der Waals surface area contributed by atoms with E-state index in [1.807, 2.05) is 30.0 Å². The lowest BCUT2D eigenvalue weighted by Crippen LogP contribution is -2.44. The summed E-state index contributed by atoms with van der Waals surface area (Å²) in [7, 11) is -0.725. The van der Waals surface area contributed by atoms with Crippen molar-refractivity contribution in [1.82, 2.24) is 4.90 Å². The van der Waals surface area contributed by atoms with E-state index in [4.69, 9.17) is 0 Å². The molecule has 0 aliphatic carbocycles. The van der Waals surface area contributed by atoms with Crippen LogP contribution in [0.1, 0.15) is 12.5 Å². The minimum Gasteiger partial charge on any atom is -0.340 e. The topological polar surface area (TPSA) is 37.4 Å². The largest absolute Gasteiger partial charge is 0.340 e. The summed E-state index contributed by atoms with van der Waals surface area (Å²) in [6, 6.07) is 10.2. The van der Waals surface area contributed by atoms with Crippen molar-refractivity contribution in [2.45, 2.75) is 17.9 Å². The highest BCUT2D eigenvalue weighted by molar-refractivity contribution is 7.99. The Morgan fingerprint density at radius 1 is 1.32 bits per heavy atom. The monoisotopic (exact) mass is 297 g/mol. The van der Waals surface area contributed by atoms with Crippen molar-refractivity contribution in [1.29, 1.82) is 0 Å². The quantitative estimate of drug-likeness (QED) is 0.852. The van der Waals surface area contributed by atoms with Gasteiger partial charge in [-0.3, -0.25) is 9.00 Å². The Hall–Kier alpha value is -0.810. The number of thioether (sulfide) groups is 1. The fourth-order valence-electron chi connectivity index (χ4n) is 1.98. The third-order valence-electron chi connectivity index (χ3n) is 3.18. The van der Waals surface area contributed by atoms with Gasteiger partial charge in [0.05, 0.1) is 5.25 Å². The maximum Gasteiger partial charge on any atom is 0.235 e. The molecule has 0 bridgehead atoms. The first-order valence-corrected chi connectivity index (χ1v) is 9.00. The maximum absolute atomic E-state index is 12.2. The number of nitrogens with zero attached hydrogens (tertiary/aromatic N) is 1. The Kier molecular flexibility index (Phi) is 5.45. The van der Waals surface area contributed by atoms with Crippen LogP contribution in [0.4, 0.5) is 0 Å². The van der Waals surface area contributed by atoms with Gasteiger partial charge in [0, 0.05) is 41.1 Å². The van der Waals surface area contributed by atoms with Crippen LogP contribution in [0.5, 0.6) is 0 Å². The SMILES string of the molecule is C[C@@H](SCc1ccccc1)C(=O)N1CCS(=O)CC1. The molecule has 1 fully saturated rings. The molecule has 1 saturated heterocycles. The van der Waals surface area contributed by atoms with Gasteiger partial charge in [0.2, 0.25) is 5.91 Å². The van der Waals surface area contributed by atoms with Crippen molar-refractivity contribution in [2.75, 3.05) is 24.6 Å². The zero-order valence-corrected chi connectivity index (χ0v) is 12.7. The van der Waals surface area contributed by atoms with Crippen molar-refractivity contribution < 1.29 is 9.00 Å². The van der Waals surface area contributed by atoms with Crippen LogP contribution in [-0.4, -0.2) is 44.9 Å². The Bertz CT molecular complexity index is 440. The normalized spacial score (nSPS) is 18.3. The maximum atomic E-state index is 12.2. The summed E-state index contributed by atoms with van der Waals surface area (Å²) in [5, 5.41) is -0.0354. The van der Waals surface area contributed by atoms with Crippen molar-refractivity contribution in [3.05, 3.63) is 35.9 Å². The minimum atomic E-state index is -0.725. The third-order valence-corrected chi connectivity index (χ3v) is 5.66. The number of hydrogen-bond donors (Lipinski definition) is 0. The summed E-state index contributed by atoms with van der Waals surface area (Å²) in [6.07, 6.45) is 0. The summed E-state index contributed by atoms with van der Waals surface area (Å²) in [4.78, 5) is 14.1. The summed E-state index contributed by atoms with van der Waals surface area (Å²) in [6.45, 7) is 3.24. The van der Waals surface area contributed by atoms with Gasteiger partial charge in [0.1, 0.15) is 0 Å². The molecule has 0 aromatic heterocycles. The zero-order valence-electron chi connectivity index (χ0n) is 11.1. The van der Waals surface area contributed by atoms with Crippen LogP contribution in [0.15, 0.2) is 30.3 Å². The lowest BCUT2D eigenvalue weighted by atomic mass is 10.2. The van der Waals surface area contributed by atoms with Crippen LogP contribution >= 0.6 is 11.8 Å². The molecule has 1 atom stereocenters. The van der Waals surface area contributed by atoms with Crippen molar-refractivity contribution in [2.24, 2.45) is 0 Å². The van der Waals surface area contributed by atoms with Crippen molar-refractivity contribution in [3.8, 4) is 0 Å². The van der Waals surface area contributed by atoms with Gasteiger partial charge in [-0.05, 0) is 12.5 Å². The van der Waals surface area contributed by atoms with Gasteiger partial charge in [-0.25, -0.2) is 0 Å². The highest BCUT2D eigenvalue weighted by atomic mass is 32.2. The van der Waals surface area contributed by atoms with Crippen molar-refractivity contribution in [3.63, 3.8) is 0 Å². The molecule has 3 nitrogen and oxygen atoms in total. The number of hydrogen-bond acceptors (Lipinski definition) is 3. The van der Waals surface area contributed by atoms with E-state index < -0.39 is 10.8 Å². The fraction of sp³-hybridized carbons (Fsp3) is 0.500. The van der Waals surface area contributed by atoms with Gasteiger partial charge in [-0.15, -0.1) is 11.8 Å². The highest BCUT2D eigenvalue weighted by Gasteiger charge is 2.24. The average molecular weight is 297 g/mol. The van der Waals surface area contributed by atoms with Crippen molar-refractivity contribution >= 4 is 28.5 Å². The van der Waals surface area contributed by atoms with Gasteiger partial charge in [-0.2, -0.15) is 0 Å². The van der Waals surface area contributed by atoms with E-state index in [0.29, 0.717) is 24.6 Å². The second kappa shape index (κ2) is 7.10. The number of carbonyl (C=O) groups is 1. The molecule has 1 heterocycles. The molecule has 1 aromatic carbocycles.